The Kier molecular flexibility index (Phi) is 1.72. The van der Waals surface area contributed by atoms with Crippen LogP contribution in [0.15, 0.2) is 24.3 Å². The molecule has 0 spiro atoms. The zero-order chi connectivity index (χ0) is 11.1. The smallest absolute Gasteiger partial charge is 0.0998 e. The SMILES string of the molecule is N#Cc1ccc2c3c(ccc(C#N)c13)CC2. The van der Waals surface area contributed by atoms with Crippen LogP contribution in [0.4, 0.5) is 0 Å². The van der Waals surface area contributed by atoms with Crippen LogP contribution in [0.5, 0.6) is 0 Å². The van der Waals surface area contributed by atoms with Gasteiger partial charge in [0.1, 0.15) is 0 Å². The summed E-state index contributed by atoms with van der Waals surface area (Å²) in [4.78, 5) is 0. The Bertz CT molecular complexity index is 628. The van der Waals surface area contributed by atoms with E-state index in [2.05, 4.69) is 12.1 Å². The summed E-state index contributed by atoms with van der Waals surface area (Å²) >= 11 is 0. The van der Waals surface area contributed by atoms with Gasteiger partial charge < -0.3 is 0 Å². The fraction of sp³-hybridized carbons (Fsp3) is 0.143. The highest BCUT2D eigenvalue weighted by atomic mass is 14.3. The molecule has 0 amide bonds. The van der Waals surface area contributed by atoms with Crippen LogP contribution in [-0.2, 0) is 12.8 Å². The first-order valence-electron chi connectivity index (χ1n) is 5.23. The van der Waals surface area contributed by atoms with Gasteiger partial charge in [-0.2, -0.15) is 10.5 Å². The molecule has 0 saturated heterocycles. The number of nitrogens with zero attached hydrogens (tertiary/aromatic N) is 2. The molecular formula is C14H8N2. The van der Waals surface area contributed by atoms with Crippen molar-refractivity contribution in [2.45, 2.75) is 12.8 Å². The van der Waals surface area contributed by atoms with Crippen molar-refractivity contribution in [1.29, 1.82) is 10.5 Å². The Hall–Kier alpha value is -2.32. The largest absolute Gasteiger partial charge is 0.192 e. The maximum Gasteiger partial charge on any atom is 0.0998 e. The molecule has 1 aliphatic carbocycles. The predicted molar refractivity (Wildman–Crippen MR) is 60.8 cm³/mol. The first-order valence-corrected chi connectivity index (χ1v) is 5.23. The fourth-order valence-electron chi connectivity index (χ4n) is 2.52. The highest BCUT2D eigenvalue weighted by molar-refractivity contribution is 5.98. The van der Waals surface area contributed by atoms with Gasteiger partial charge in [-0.15, -0.1) is 0 Å². The lowest BCUT2D eigenvalue weighted by molar-refractivity contribution is 1.02. The van der Waals surface area contributed by atoms with Crippen molar-refractivity contribution >= 4 is 10.8 Å². The van der Waals surface area contributed by atoms with Crippen LogP contribution in [0.1, 0.15) is 22.3 Å². The van der Waals surface area contributed by atoms with Crippen molar-refractivity contribution in [2.75, 3.05) is 0 Å². The van der Waals surface area contributed by atoms with Crippen LogP contribution in [-0.4, -0.2) is 0 Å². The molecule has 2 nitrogen and oxygen atoms in total. The quantitative estimate of drug-likeness (QED) is 0.662. The van der Waals surface area contributed by atoms with Crippen molar-refractivity contribution < 1.29 is 0 Å². The van der Waals surface area contributed by atoms with Gasteiger partial charge in [-0.25, -0.2) is 0 Å². The molecule has 2 heteroatoms. The fourth-order valence-corrected chi connectivity index (χ4v) is 2.52. The Morgan fingerprint density at radius 3 is 1.69 bits per heavy atom. The molecule has 0 bridgehead atoms. The lowest BCUT2D eigenvalue weighted by atomic mass is 9.96. The number of nitriles is 2. The predicted octanol–water partition coefficient (Wildman–Crippen LogP) is 2.68. The van der Waals surface area contributed by atoms with Gasteiger partial charge in [-0.05, 0) is 41.5 Å². The molecule has 0 unspecified atom stereocenters. The normalized spacial score (nSPS) is 12.4. The van der Waals surface area contributed by atoms with E-state index in [0.29, 0.717) is 11.1 Å². The van der Waals surface area contributed by atoms with E-state index in [4.69, 9.17) is 10.5 Å². The third-order valence-electron chi connectivity index (χ3n) is 3.24. The summed E-state index contributed by atoms with van der Waals surface area (Å²) in [6, 6.07) is 12.0. The van der Waals surface area contributed by atoms with E-state index in [1.165, 1.54) is 11.1 Å². The molecule has 0 atom stereocenters. The van der Waals surface area contributed by atoms with Crippen LogP contribution in [0.3, 0.4) is 0 Å². The van der Waals surface area contributed by atoms with Crippen LogP contribution >= 0.6 is 0 Å². The molecule has 3 rings (SSSR count). The molecule has 1 aliphatic rings. The molecule has 0 aliphatic heterocycles. The molecule has 74 valence electrons. The average Bonchev–Trinajstić information content (AvgIpc) is 2.75. The summed E-state index contributed by atoms with van der Waals surface area (Å²) in [5.74, 6) is 0. The standard InChI is InChI=1S/C14H8N2/c15-7-11-5-3-9-1-2-10-4-6-12(8-16)14(11)13(9)10/h3-6H,1-2H2. The molecular weight excluding hydrogens is 196 g/mol. The van der Waals surface area contributed by atoms with Gasteiger partial charge in [0.05, 0.1) is 23.3 Å². The summed E-state index contributed by atoms with van der Waals surface area (Å²) < 4.78 is 0. The zero-order valence-electron chi connectivity index (χ0n) is 8.62. The monoisotopic (exact) mass is 204 g/mol. The van der Waals surface area contributed by atoms with Gasteiger partial charge in [0.2, 0.25) is 0 Å². The number of benzene rings is 2. The van der Waals surface area contributed by atoms with Gasteiger partial charge in [0, 0.05) is 5.39 Å². The second-order valence-electron chi connectivity index (χ2n) is 4.02. The van der Waals surface area contributed by atoms with Crippen LogP contribution in [0.25, 0.3) is 10.8 Å². The summed E-state index contributed by atoms with van der Waals surface area (Å²) in [5.41, 5.74) is 3.75. The molecule has 0 N–H and O–H groups in total. The lowest BCUT2D eigenvalue weighted by Crippen LogP contribution is -1.88. The van der Waals surface area contributed by atoms with Gasteiger partial charge in [-0.3, -0.25) is 0 Å². The van der Waals surface area contributed by atoms with Crippen molar-refractivity contribution in [3.05, 3.63) is 46.5 Å². The number of rotatable bonds is 0. The van der Waals surface area contributed by atoms with Crippen molar-refractivity contribution in [2.24, 2.45) is 0 Å². The maximum atomic E-state index is 9.10. The highest BCUT2D eigenvalue weighted by Crippen LogP contribution is 2.34. The van der Waals surface area contributed by atoms with Gasteiger partial charge in [0.25, 0.3) is 0 Å². The van der Waals surface area contributed by atoms with Crippen molar-refractivity contribution in [3.8, 4) is 12.1 Å². The Morgan fingerprint density at radius 2 is 1.25 bits per heavy atom. The molecule has 16 heavy (non-hydrogen) atoms. The second kappa shape index (κ2) is 3.08. The van der Waals surface area contributed by atoms with Crippen molar-refractivity contribution in [1.82, 2.24) is 0 Å². The lowest BCUT2D eigenvalue weighted by Gasteiger charge is -2.05. The number of aryl methyl sites for hydroxylation is 2. The molecule has 0 fully saturated rings. The van der Waals surface area contributed by atoms with Gasteiger partial charge in [-0.1, -0.05) is 12.1 Å². The van der Waals surface area contributed by atoms with Crippen molar-refractivity contribution in [3.63, 3.8) is 0 Å². The summed E-state index contributed by atoms with van der Waals surface area (Å²) in [7, 11) is 0. The van der Waals surface area contributed by atoms with E-state index in [9.17, 15) is 0 Å². The van der Waals surface area contributed by atoms with E-state index >= 15 is 0 Å². The minimum Gasteiger partial charge on any atom is -0.192 e. The zero-order valence-corrected chi connectivity index (χ0v) is 8.62. The first-order chi connectivity index (χ1) is 7.85. The second-order valence-corrected chi connectivity index (χ2v) is 4.02. The van der Waals surface area contributed by atoms with Crippen LogP contribution < -0.4 is 0 Å². The number of hydrogen-bond donors (Lipinski definition) is 0. The minimum atomic E-state index is 0.610. The summed E-state index contributed by atoms with van der Waals surface area (Å²) in [6.45, 7) is 0. The van der Waals surface area contributed by atoms with Crippen LogP contribution in [0.2, 0.25) is 0 Å². The van der Waals surface area contributed by atoms with E-state index in [1.807, 2.05) is 24.3 Å². The molecule has 2 aromatic carbocycles. The number of hydrogen-bond acceptors (Lipinski definition) is 2. The summed E-state index contributed by atoms with van der Waals surface area (Å²) in [5, 5.41) is 20.2. The van der Waals surface area contributed by atoms with Gasteiger partial charge >= 0.3 is 0 Å². The molecule has 0 radical (unpaired) electrons. The minimum absolute atomic E-state index is 0.610. The maximum absolute atomic E-state index is 9.10. The Balaban J connectivity index is 2.60. The third kappa shape index (κ3) is 0.990. The van der Waals surface area contributed by atoms with E-state index in [1.54, 1.807) is 0 Å². The molecule has 0 aromatic heterocycles. The molecule has 0 heterocycles. The van der Waals surface area contributed by atoms with E-state index in [0.717, 1.165) is 23.6 Å². The van der Waals surface area contributed by atoms with E-state index in [-0.39, 0.29) is 0 Å². The van der Waals surface area contributed by atoms with E-state index < -0.39 is 0 Å². The average molecular weight is 204 g/mol. The Labute approximate surface area is 93.4 Å². The topological polar surface area (TPSA) is 47.6 Å². The first kappa shape index (κ1) is 8.95. The van der Waals surface area contributed by atoms with Crippen LogP contribution in [0, 0.1) is 22.7 Å². The molecule has 0 saturated carbocycles. The Morgan fingerprint density at radius 1 is 0.750 bits per heavy atom. The van der Waals surface area contributed by atoms with Gasteiger partial charge in [0.15, 0.2) is 0 Å². The molecule has 2 aromatic rings. The third-order valence-corrected chi connectivity index (χ3v) is 3.24. The summed E-state index contributed by atoms with van der Waals surface area (Å²) in [6.07, 6.45) is 2.04. The highest BCUT2D eigenvalue weighted by Gasteiger charge is 2.18.